The average Bonchev–Trinajstić information content (AvgIpc) is 2.43. The molecule has 0 aliphatic heterocycles. The first-order chi connectivity index (χ1) is 8.59. The van der Waals surface area contributed by atoms with Gasteiger partial charge in [-0.25, -0.2) is 9.97 Å². The highest BCUT2D eigenvalue weighted by molar-refractivity contribution is 5.91. The lowest BCUT2D eigenvalue weighted by Gasteiger charge is -2.24. The minimum absolute atomic E-state index is 0.242. The topological polar surface area (TPSA) is 75.1 Å². The zero-order chi connectivity index (χ0) is 13.4. The third-order valence-electron chi connectivity index (χ3n) is 2.92. The molecule has 5 nitrogen and oxygen atoms in total. The highest BCUT2D eigenvalue weighted by Gasteiger charge is 2.22. The van der Waals surface area contributed by atoms with E-state index in [9.17, 15) is 9.90 Å². The van der Waals surface area contributed by atoms with Gasteiger partial charge in [-0.15, -0.1) is 0 Å². The Labute approximate surface area is 107 Å². The number of amides is 1. The van der Waals surface area contributed by atoms with Crippen LogP contribution in [0.4, 0.5) is 0 Å². The second kappa shape index (κ2) is 6.86. The summed E-state index contributed by atoms with van der Waals surface area (Å²) in [5, 5.41) is 12.7. The van der Waals surface area contributed by atoms with Crippen LogP contribution in [0.2, 0.25) is 0 Å². The molecule has 1 heterocycles. The highest BCUT2D eigenvalue weighted by atomic mass is 16.3. The van der Waals surface area contributed by atoms with Crippen molar-refractivity contribution in [1.29, 1.82) is 0 Å². The van der Waals surface area contributed by atoms with Crippen molar-refractivity contribution in [1.82, 2.24) is 15.3 Å². The van der Waals surface area contributed by atoms with E-state index in [0.717, 1.165) is 0 Å². The smallest absolute Gasteiger partial charge is 0.244 e. The Morgan fingerprint density at radius 2 is 2.22 bits per heavy atom. The van der Waals surface area contributed by atoms with Gasteiger partial charge in [0, 0.05) is 18.8 Å². The number of carbonyl (C=O) groups excluding carboxylic acids is 1. The molecule has 0 aromatic carbocycles. The number of nitrogens with one attached hydrogen (secondary N) is 1. The predicted octanol–water partition coefficient (Wildman–Crippen LogP) is 1.16. The molecule has 0 spiro atoms. The Kier molecular flexibility index (Phi) is 5.45. The van der Waals surface area contributed by atoms with Crippen LogP contribution >= 0.6 is 0 Å². The van der Waals surface area contributed by atoms with E-state index in [1.54, 1.807) is 18.3 Å². The predicted molar refractivity (Wildman–Crippen MR) is 69.6 cm³/mol. The molecule has 0 aliphatic rings. The maximum absolute atomic E-state index is 11.5. The summed E-state index contributed by atoms with van der Waals surface area (Å²) in [6, 6.07) is 1.71. The Morgan fingerprint density at radius 3 is 2.78 bits per heavy atom. The summed E-state index contributed by atoms with van der Waals surface area (Å²) in [6.45, 7) is 4.05. The summed E-state index contributed by atoms with van der Waals surface area (Å²) >= 11 is 0. The van der Waals surface area contributed by atoms with Crippen molar-refractivity contribution in [3.63, 3.8) is 0 Å². The summed E-state index contributed by atoms with van der Waals surface area (Å²) in [6.07, 6.45) is 7.25. The van der Waals surface area contributed by atoms with Crippen molar-refractivity contribution < 1.29 is 9.90 Å². The Bertz CT molecular complexity index is 400. The fraction of sp³-hybridized carbons (Fsp3) is 0.462. The van der Waals surface area contributed by atoms with Gasteiger partial charge < -0.3 is 10.4 Å². The van der Waals surface area contributed by atoms with Gasteiger partial charge in [0.15, 0.2) is 0 Å². The van der Waals surface area contributed by atoms with Gasteiger partial charge in [0.25, 0.3) is 0 Å². The van der Waals surface area contributed by atoms with E-state index in [2.05, 4.69) is 15.3 Å². The van der Waals surface area contributed by atoms with Crippen LogP contribution in [0, 0.1) is 0 Å². The molecule has 5 heteroatoms. The minimum Gasteiger partial charge on any atom is -0.388 e. The number of aromatic nitrogens is 2. The van der Waals surface area contributed by atoms with Gasteiger partial charge in [-0.05, 0) is 25.0 Å². The van der Waals surface area contributed by atoms with Crippen molar-refractivity contribution in [3.8, 4) is 0 Å². The van der Waals surface area contributed by atoms with Gasteiger partial charge in [-0.1, -0.05) is 13.8 Å². The van der Waals surface area contributed by atoms with Crippen molar-refractivity contribution in [3.05, 3.63) is 30.4 Å². The molecule has 0 aliphatic carbocycles. The fourth-order valence-electron chi connectivity index (χ4n) is 1.37. The molecule has 0 saturated carbocycles. The van der Waals surface area contributed by atoms with E-state index in [-0.39, 0.29) is 12.5 Å². The second-order valence-corrected chi connectivity index (χ2v) is 4.12. The molecule has 0 atom stereocenters. The van der Waals surface area contributed by atoms with Crippen molar-refractivity contribution in [2.24, 2.45) is 0 Å². The first-order valence-corrected chi connectivity index (χ1v) is 6.04. The third-order valence-corrected chi connectivity index (χ3v) is 2.92. The van der Waals surface area contributed by atoms with Gasteiger partial charge in [0.2, 0.25) is 5.91 Å². The van der Waals surface area contributed by atoms with E-state index < -0.39 is 5.60 Å². The maximum Gasteiger partial charge on any atom is 0.244 e. The minimum atomic E-state index is -0.821. The van der Waals surface area contributed by atoms with Crippen molar-refractivity contribution >= 4 is 12.0 Å². The van der Waals surface area contributed by atoms with Gasteiger partial charge in [0.05, 0.1) is 11.3 Å². The molecular formula is C13H19N3O2. The second-order valence-electron chi connectivity index (χ2n) is 4.12. The molecule has 1 aromatic heterocycles. The van der Waals surface area contributed by atoms with E-state index >= 15 is 0 Å². The van der Waals surface area contributed by atoms with Gasteiger partial charge >= 0.3 is 0 Å². The summed E-state index contributed by atoms with van der Waals surface area (Å²) < 4.78 is 0. The summed E-state index contributed by atoms with van der Waals surface area (Å²) in [5.41, 5.74) is -0.153. The van der Waals surface area contributed by atoms with Crippen LogP contribution in [-0.2, 0) is 4.79 Å². The average molecular weight is 249 g/mol. The van der Waals surface area contributed by atoms with E-state index in [4.69, 9.17) is 0 Å². The first kappa shape index (κ1) is 14.3. The zero-order valence-electron chi connectivity index (χ0n) is 10.8. The number of aliphatic hydroxyl groups is 1. The summed E-state index contributed by atoms with van der Waals surface area (Å²) in [4.78, 5) is 19.3. The first-order valence-electron chi connectivity index (χ1n) is 6.04. The number of nitrogens with zero attached hydrogens (tertiary/aromatic N) is 2. The van der Waals surface area contributed by atoms with Gasteiger partial charge in [0.1, 0.15) is 6.33 Å². The Morgan fingerprint density at radius 1 is 1.50 bits per heavy atom. The van der Waals surface area contributed by atoms with Gasteiger partial charge in [-0.3, -0.25) is 4.79 Å². The molecule has 1 rings (SSSR count). The molecule has 98 valence electrons. The van der Waals surface area contributed by atoms with E-state index in [1.807, 2.05) is 13.8 Å². The SMILES string of the molecule is CCC(O)(CC)CNC(=O)/C=C/c1ccncn1. The lowest BCUT2D eigenvalue weighted by molar-refractivity contribution is -0.117. The number of hydrogen-bond acceptors (Lipinski definition) is 4. The van der Waals surface area contributed by atoms with Crippen LogP contribution in [0.25, 0.3) is 6.08 Å². The summed E-state index contributed by atoms with van der Waals surface area (Å²) in [5.74, 6) is -0.242. The molecule has 0 bridgehead atoms. The van der Waals surface area contributed by atoms with Crippen molar-refractivity contribution in [2.45, 2.75) is 32.3 Å². The number of rotatable bonds is 6. The third kappa shape index (κ3) is 4.63. The van der Waals surface area contributed by atoms with E-state index in [1.165, 1.54) is 12.4 Å². The molecule has 2 N–H and O–H groups in total. The lowest BCUT2D eigenvalue weighted by atomic mass is 9.98. The number of hydrogen-bond donors (Lipinski definition) is 2. The molecule has 18 heavy (non-hydrogen) atoms. The molecule has 0 saturated heterocycles. The highest BCUT2D eigenvalue weighted by Crippen LogP contribution is 2.12. The normalized spacial score (nSPS) is 11.7. The van der Waals surface area contributed by atoms with Crippen LogP contribution in [0.15, 0.2) is 24.7 Å². The largest absolute Gasteiger partial charge is 0.388 e. The molecule has 1 aromatic rings. The molecule has 0 fully saturated rings. The number of carbonyl (C=O) groups is 1. The monoisotopic (exact) mass is 249 g/mol. The maximum atomic E-state index is 11.5. The quantitative estimate of drug-likeness (QED) is 0.742. The van der Waals surface area contributed by atoms with Crippen LogP contribution in [0.3, 0.4) is 0 Å². The molecule has 0 radical (unpaired) electrons. The Balaban J connectivity index is 2.45. The van der Waals surface area contributed by atoms with Crippen LogP contribution in [0.5, 0.6) is 0 Å². The molecule has 0 unspecified atom stereocenters. The molecule has 1 amide bonds. The van der Waals surface area contributed by atoms with Crippen LogP contribution < -0.4 is 5.32 Å². The van der Waals surface area contributed by atoms with Gasteiger partial charge in [-0.2, -0.15) is 0 Å². The van der Waals surface area contributed by atoms with Crippen LogP contribution in [-0.4, -0.2) is 33.1 Å². The standard InChI is InChI=1S/C13H19N3O2/c1-3-13(18,4-2)9-15-12(17)6-5-11-7-8-14-10-16-11/h5-8,10,18H,3-4,9H2,1-2H3,(H,15,17)/b6-5+. The van der Waals surface area contributed by atoms with Crippen LogP contribution in [0.1, 0.15) is 32.4 Å². The zero-order valence-corrected chi connectivity index (χ0v) is 10.8. The fourth-order valence-corrected chi connectivity index (χ4v) is 1.37. The molecular weight excluding hydrogens is 230 g/mol. The van der Waals surface area contributed by atoms with E-state index in [0.29, 0.717) is 18.5 Å². The Hall–Kier alpha value is -1.75. The summed E-state index contributed by atoms with van der Waals surface area (Å²) in [7, 11) is 0. The van der Waals surface area contributed by atoms with Crippen molar-refractivity contribution in [2.75, 3.05) is 6.54 Å². The lowest BCUT2D eigenvalue weighted by Crippen LogP contribution is -2.41.